The van der Waals surface area contributed by atoms with Gasteiger partial charge in [-0.2, -0.15) is 0 Å². The maximum atomic E-state index is 12.8. The molecule has 21 heavy (non-hydrogen) atoms. The molecular weight excluding hydrogens is 293 g/mol. The van der Waals surface area contributed by atoms with Crippen molar-refractivity contribution in [3.05, 3.63) is 54.3 Å². The highest BCUT2D eigenvalue weighted by atomic mass is 32.2. The lowest BCUT2D eigenvalue weighted by Crippen LogP contribution is -2.19. The molecule has 2 rings (SSSR count). The van der Waals surface area contributed by atoms with Crippen LogP contribution in [-0.4, -0.2) is 23.0 Å². The highest BCUT2D eigenvalue weighted by molar-refractivity contribution is 7.85. The molecule has 0 saturated carbocycles. The summed E-state index contributed by atoms with van der Waals surface area (Å²) in [6.07, 6.45) is 0. The van der Waals surface area contributed by atoms with Crippen molar-refractivity contribution < 1.29 is 18.1 Å². The van der Waals surface area contributed by atoms with E-state index in [2.05, 4.69) is 5.32 Å². The first kappa shape index (κ1) is 15.2. The monoisotopic (exact) mass is 307 g/mol. The molecule has 4 nitrogen and oxygen atoms in total. The lowest BCUT2D eigenvalue weighted by Gasteiger charge is -2.06. The molecule has 0 bridgehead atoms. The summed E-state index contributed by atoms with van der Waals surface area (Å²) in [5.74, 6) is -0.276. The third-order valence-corrected chi connectivity index (χ3v) is 4.03. The van der Waals surface area contributed by atoms with E-state index in [0.29, 0.717) is 16.3 Å². The van der Waals surface area contributed by atoms with Crippen molar-refractivity contribution in [3.8, 4) is 5.75 Å². The van der Waals surface area contributed by atoms with Gasteiger partial charge in [-0.1, -0.05) is 0 Å². The Hall–Kier alpha value is -2.21. The second-order valence-electron chi connectivity index (χ2n) is 4.22. The van der Waals surface area contributed by atoms with Gasteiger partial charge in [-0.25, -0.2) is 4.39 Å². The van der Waals surface area contributed by atoms with Crippen LogP contribution in [0, 0.1) is 5.82 Å². The summed E-state index contributed by atoms with van der Waals surface area (Å²) < 4.78 is 29.8. The standard InChI is InChI=1S/C15H14FNO3S/c1-20-13-6-4-12(5-7-13)17-15(18)10-21(19)14-8-2-11(16)3-9-14/h2-9H,10H2,1H3,(H,17,18)/t21-/m0/s1. The Morgan fingerprint density at radius 2 is 1.76 bits per heavy atom. The van der Waals surface area contributed by atoms with E-state index >= 15 is 0 Å². The summed E-state index contributed by atoms with van der Waals surface area (Å²) in [4.78, 5) is 12.2. The largest absolute Gasteiger partial charge is 0.497 e. The lowest BCUT2D eigenvalue weighted by atomic mass is 10.3. The van der Waals surface area contributed by atoms with Gasteiger partial charge >= 0.3 is 0 Å². The number of hydrogen-bond acceptors (Lipinski definition) is 3. The Balaban J connectivity index is 1.94. The average Bonchev–Trinajstić information content (AvgIpc) is 2.48. The van der Waals surface area contributed by atoms with Gasteiger partial charge in [-0.3, -0.25) is 9.00 Å². The number of carbonyl (C=O) groups is 1. The second-order valence-corrected chi connectivity index (χ2v) is 5.67. The van der Waals surface area contributed by atoms with Gasteiger partial charge in [0.25, 0.3) is 0 Å². The Labute approximate surface area is 124 Å². The van der Waals surface area contributed by atoms with Crippen molar-refractivity contribution >= 4 is 22.4 Å². The number of rotatable bonds is 5. The quantitative estimate of drug-likeness (QED) is 0.923. The molecule has 0 radical (unpaired) electrons. The molecular formula is C15H14FNO3S. The Morgan fingerprint density at radius 1 is 1.14 bits per heavy atom. The van der Waals surface area contributed by atoms with E-state index in [1.165, 1.54) is 24.3 Å². The molecule has 2 aromatic carbocycles. The molecule has 0 spiro atoms. The van der Waals surface area contributed by atoms with Gasteiger partial charge in [0.2, 0.25) is 5.91 Å². The van der Waals surface area contributed by atoms with E-state index in [9.17, 15) is 13.4 Å². The number of benzene rings is 2. The van der Waals surface area contributed by atoms with Crippen LogP contribution in [0.25, 0.3) is 0 Å². The van der Waals surface area contributed by atoms with Crippen molar-refractivity contribution in [3.63, 3.8) is 0 Å². The molecule has 0 aliphatic heterocycles. The van der Waals surface area contributed by atoms with E-state index in [0.717, 1.165) is 0 Å². The highest BCUT2D eigenvalue weighted by Gasteiger charge is 2.10. The Bertz CT molecular complexity index is 641. The van der Waals surface area contributed by atoms with E-state index < -0.39 is 16.6 Å². The van der Waals surface area contributed by atoms with Crippen LogP contribution in [0.5, 0.6) is 5.75 Å². The molecule has 1 N–H and O–H groups in total. The molecule has 0 heterocycles. The van der Waals surface area contributed by atoms with Crippen LogP contribution in [0.3, 0.4) is 0 Å². The van der Waals surface area contributed by atoms with Crippen molar-refractivity contribution in [2.45, 2.75) is 4.90 Å². The van der Waals surface area contributed by atoms with Crippen LogP contribution < -0.4 is 10.1 Å². The van der Waals surface area contributed by atoms with Gasteiger partial charge in [-0.05, 0) is 48.5 Å². The second kappa shape index (κ2) is 6.99. The third kappa shape index (κ3) is 4.39. The van der Waals surface area contributed by atoms with Crippen LogP contribution in [0.15, 0.2) is 53.4 Å². The smallest absolute Gasteiger partial charge is 0.237 e. The molecule has 1 amide bonds. The van der Waals surface area contributed by atoms with E-state index in [1.807, 2.05) is 0 Å². The Kier molecular flexibility index (Phi) is 5.05. The first-order valence-electron chi connectivity index (χ1n) is 6.16. The average molecular weight is 307 g/mol. The number of ether oxygens (including phenoxy) is 1. The number of amides is 1. The lowest BCUT2D eigenvalue weighted by molar-refractivity contribution is -0.113. The van der Waals surface area contributed by atoms with Crippen LogP contribution >= 0.6 is 0 Å². The van der Waals surface area contributed by atoms with Crippen LogP contribution in [0.4, 0.5) is 10.1 Å². The predicted octanol–water partition coefficient (Wildman–Crippen LogP) is 2.58. The SMILES string of the molecule is COc1ccc(NC(=O)C[S@](=O)c2ccc(F)cc2)cc1. The number of methoxy groups -OCH3 is 1. The van der Waals surface area contributed by atoms with Gasteiger partial charge in [0.15, 0.2) is 0 Å². The van der Waals surface area contributed by atoms with Crippen LogP contribution in [0.2, 0.25) is 0 Å². The molecule has 0 saturated heterocycles. The molecule has 0 aliphatic carbocycles. The van der Waals surface area contributed by atoms with Crippen LogP contribution in [0.1, 0.15) is 0 Å². The zero-order valence-electron chi connectivity index (χ0n) is 11.3. The molecule has 6 heteroatoms. The highest BCUT2D eigenvalue weighted by Crippen LogP contribution is 2.15. The number of nitrogens with one attached hydrogen (secondary N) is 1. The minimum Gasteiger partial charge on any atom is -0.497 e. The molecule has 0 aromatic heterocycles. The zero-order chi connectivity index (χ0) is 15.2. The van der Waals surface area contributed by atoms with Crippen molar-refractivity contribution in [1.29, 1.82) is 0 Å². The van der Waals surface area contributed by atoms with Gasteiger partial charge in [0.1, 0.15) is 17.3 Å². The van der Waals surface area contributed by atoms with Crippen molar-refractivity contribution in [1.82, 2.24) is 0 Å². The molecule has 110 valence electrons. The van der Waals surface area contributed by atoms with Crippen molar-refractivity contribution in [2.24, 2.45) is 0 Å². The fourth-order valence-electron chi connectivity index (χ4n) is 1.66. The Morgan fingerprint density at radius 3 is 2.33 bits per heavy atom. The molecule has 1 atom stereocenters. The fraction of sp³-hybridized carbons (Fsp3) is 0.133. The minimum absolute atomic E-state index is 0.183. The number of hydrogen-bond donors (Lipinski definition) is 1. The van der Waals surface area contributed by atoms with Gasteiger partial charge in [-0.15, -0.1) is 0 Å². The predicted molar refractivity (Wildman–Crippen MR) is 79.3 cm³/mol. The van der Waals surface area contributed by atoms with Crippen LogP contribution in [-0.2, 0) is 15.6 Å². The first-order valence-corrected chi connectivity index (χ1v) is 7.48. The molecule has 0 aliphatic rings. The topological polar surface area (TPSA) is 55.4 Å². The normalized spacial score (nSPS) is 11.7. The summed E-state index contributed by atoms with van der Waals surface area (Å²) in [5, 5.41) is 2.64. The zero-order valence-corrected chi connectivity index (χ0v) is 12.2. The summed E-state index contributed by atoms with van der Waals surface area (Å²) in [6.45, 7) is 0. The number of carbonyl (C=O) groups excluding carboxylic acids is 1. The van der Waals surface area contributed by atoms with Gasteiger partial charge < -0.3 is 10.1 Å². The van der Waals surface area contributed by atoms with Gasteiger partial charge in [0.05, 0.1) is 17.9 Å². The molecule has 2 aromatic rings. The van der Waals surface area contributed by atoms with Crippen molar-refractivity contribution in [2.75, 3.05) is 18.2 Å². The summed E-state index contributed by atoms with van der Waals surface area (Å²) in [5.41, 5.74) is 0.594. The third-order valence-electron chi connectivity index (χ3n) is 2.71. The summed E-state index contributed by atoms with van der Waals surface area (Å²) in [7, 11) is 0.0502. The summed E-state index contributed by atoms with van der Waals surface area (Å²) >= 11 is 0. The molecule has 0 fully saturated rings. The first-order chi connectivity index (χ1) is 10.1. The number of anilines is 1. The maximum Gasteiger partial charge on any atom is 0.237 e. The van der Waals surface area contributed by atoms with E-state index in [-0.39, 0.29) is 11.7 Å². The number of halogens is 1. The van der Waals surface area contributed by atoms with Gasteiger partial charge in [0, 0.05) is 10.6 Å². The molecule has 0 unspecified atom stereocenters. The maximum absolute atomic E-state index is 12.8. The fourth-order valence-corrected chi connectivity index (χ4v) is 2.58. The minimum atomic E-state index is -1.50. The van der Waals surface area contributed by atoms with E-state index in [4.69, 9.17) is 4.74 Å². The summed E-state index contributed by atoms with van der Waals surface area (Å²) in [6, 6.07) is 12.1. The van der Waals surface area contributed by atoms with E-state index in [1.54, 1.807) is 31.4 Å².